The molecule has 120 valence electrons. The molecule has 0 saturated heterocycles. The van der Waals surface area contributed by atoms with Gasteiger partial charge in [0.2, 0.25) is 5.91 Å². The van der Waals surface area contributed by atoms with E-state index >= 15 is 0 Å². The van der Waals surface area contributed by atoms with Gasteiger partial charge in [-0.05, 0) is 42.3 Å². The number of thioether (sulfide) groups is 1. The Hall–Kier alpha value is -1.11. The third-order valence-corrected chi connectivity index (χ3v) is 4.97. The number of hydrazone groups is 1. The first-order valence-corrected chi connectivity index (χ1v) is 9.70. The van der Waals surface area contributed by atoms with Crippen LogP contribution in [0.1, 0.15) is 18.1 Å². The van der Waals surface area contributed by atoms with Crippen LogP contribution in [0.3, 0.4) is 0 Å². The van der Waals surface area contributed by atoms with Crippen LogP contribution < -0.4 is 5.43 Å². The first-order valence-electron chi connectivity index (χ1n) is 6.96. The molecule has 0 fully saturated rings. The molecule has 1 N–H and O–H groups in total. The Labute approximate surface area is 157 Å². The van der Waals surface area contributed by atoms with Crippen molar-refractivity contribution in [2.75, 3.05) is 5.75 Å². The number of rotatable bonds is 6. The van der Waals surface area contributed by atoms with Crippen molar-refractivity contribution in [1.29, 1.82) is 0 Å². The minimum absolute atomic E-state index is 0.0978. The van der Waals surface area contributed by atoms with E-state index in [1.54, 1.807) is 11.8 Å². The van der Waals surface area contributed by atoms with Crippen molar-refractivity contribution in [3.63, 3.8) is 0 Å². The molecular formula is C17H16Br2N2OS. The number of benzene rings is 2. The number of nitrogens with zero attached hydrogens (tertiary/aromatic N) is 1. The molecule has 0 aliphatic heterocycles. The number of carbonyl (C=O) groups excluding carboxylic acids is 1. The van der Waals surface area contributed by atoms with Crippen molar-refractivity contribution in [1.82, 2.24) is 5.43 Å². The second-order valence-electron chi connectivity index (χ2n) is 4.87. The molecule has 2 aromatic carbocycles. The quantitative estimate of drug-likeness (QED) is 0.492. The van der Waals surface area contributed by atoms with Crippen LogP contribution in [0.2, 0.25) is 0 Å². The molecular weight excluding hydrogens is 440 g/mol. The van der Waals surface area contributed by atoms with Gasteiger partial charge in [-0.2, -0.15) is 5.10 Å². The zero-order valence-electron chi connectivity index (χ0n) is 12.6. The summed E-state index contributed by atoms with van der Waals surface area (Å²) in [6.45, 7) is 1.87. The Balaban J connectivity index is 1.79. The van der Waals surface area contributed by atoms with Crippen molar-refractivity contribution in [3.05, 3.63) is 68.6 Å². The Bertz CT molecular complexity index is 719. The predicted octanol–water partition coefficient (Wildman–Crippen LogP) is 4.99. The first kappa shape index (κ1) is 18.2. The Morgan fingerprint density at radius 2 is 1.83 bits per heavy atom. The number of amides is 1. The summed E-state index contributed by atoms with van der Waals surface area (Å²) in [6.07, 6.45) is 0. The smallest absolute Gasteiger partial charge is 0.250 e. The lowest BCUT2D eigenvalue weighted by atomic mass is 10.1. The highest BCUT2D eigenvalue weighted by Crippen LogP contribution is 2.17. The van der Waals surface area contributed by atoms with E-state index in [2.05, 4.69) is 48.5 Å². The summed E-state index contributed by atoms with van der Waals surface area (Å²) in [5.74, 6) is 1.07. The average molecular weight is 456 g/mol. The zero-order chi connectivity index (χ0) is 16.7. The van der Waals surface area contributed by atoms with E-state index < -0.39 is 0 Å². The Morgan fingerprint density at radius 1 is 1.13 bits per heavy atom. The summed E-state index contributed by atoms with van der Waals surface area (Å²) in [6, 6.07) is 15.9. The fourth-order valence-electron chi connectivity index (χ4n) is 1.84. The molecule has 0 bridgehead atoms. The molecule has 0 atom stereocenters. The van der Waals surface area contributed by atoms with E-state index in [-0.39, 0.29) is 5.91 Å². The second kappa shape index (κ2) is 9.25. The maximum absolute atomic E-state index is 11.8. The number of halogens is 2. The van der Waals surface area contributed by atoms with Crippen molar-refractivity contribution < 1.29 is 4.79 Å². The molecule has 6 heteroatoms. The molecule has 0 aromatic heterocycles. The fourth-order valence-corrected chi connectivity index (χ4v) is 3.46. The van der Waals surface area contributed by atoms with Gasteiger partial charge in [0, 0.05) is 14.7 Å². The normalized spacial score (nSPS) is 11.3. The van der Waals surface area contributed by atoms with Crippen LogP contribution in [0.15, 0.2) is 62.6 Å². The molecule has 23 heavy (non-hydrogen) atoms. The van der Waals surface area contributed by atoms with Crippen LogP contribution >= 0.6 is 43.6 Å². The zero-order valence-corrected chi connectivity index (χ0v) is 16.5. The van der Waals surface area contributed by atoms with Gasteiger partial charge in [0.15, 0.2) is 0 Å². The Kier molecular flexibility index (Phi) is 7.33. The minimum Gasteiger partial charge on any atom is -0.272 e. The van der Waals surface area contributed by atoms with Crippen molar-refractivity contribution in [2.24, 2.45) is 5.10 Å². The monoisotopic (exact) mass is 454 g/mol. The van der Waals surface area contributed by atoms with E-state index in [4.69, 9.17) is 0 Å². The molecule has 0 saturated carbocycles. The van der Waals surface area contributed by atoms with Crippen LogP contribution in [0.25, 0.3) is 0 Å². The highest BCUT2D eigenvalue weighted by atomic mass is 79.9. The molecule has 1 amide bonds. The molecule has 0 unspecified atom stereocenters. The summed E-state index contributed by atoms with van der Waals surface area (Å²) in [4.78, 5) is 11.8. The molecule has 2 rings (SSSR count). The van der Waals surface area contributed by atoms with Gasteiger partial charge in [-0.25, -0.2) is 5.43 Å². The third kappa shape index (κ3) is 6.49. The van der Waals surface area contributed by atoms with Gasteiger partial charge in [-0.3, -0.25) is 4.79 Å². The van der Waals surface area contributed by atoms with Crippen LogP contribution in [0.4, 0.5) is 0 Å². The largest absolute Gasteiger partial charge is 0.272 e. The lowest BCUT2D eigenvalue weighted by Crippen LogP contribution is -2.21. The number of nitrogens with one attached hydrogen (secondary N) is 1. The molecule has 2 aromatic rings. The second-order valence-corrected chi connectivity index (χ2v) is 7.68. The highest BCUT2D eigenvalue weighted by Gasteiger charge is 2.03. The number of hydrogen-bond donors (Lipinski definition) is 1. The van der Waals surface area contributed by atoms with E-state index in [0.717, 1.165) is 26.0 Å². The molecule has 0 aliphatic rings. The maximum atomic E-state index is 11.8. The third-order valence-electron chi connectivity index (χ3n) is 2.98. The molecule has 0 aliphatic carbocycles. The van der Waals surface area contributed by atoms with Gasteiger partial charge in [0.25, 0.3) is 0 Å². The molecule has 0 heterocycles. The number of hydrogen-bond acceptors (Lipinski definition) is 3. The van der Waals surface area contributed by atoms with E-state index in [1.807, 2.05) is 49.4 Å². The topological polar surface area (TPSA) is 41.5 Å². The van der Waals surface area contributed by atoms with Crippen LogP contribution in [-0.2, 0) is 10.5 Å². The SMILES string of the molecule is C/C(=N/NC(=O)CSCc1cccc(Br)c1)c1cccc(Br)c1. The molecule has 3 nitrogen and oxygen atoms in total. The molecule has 0 radical (unpaired) electrons. The fraction of sp³-hybridized carbons (Fsp3) is 0.176. The predicted molar refractivity (Wildman–Crippen MR) is 105 cm³/mol. The summed E-state index contributed by atoms with van der Waals surface area (Å²) in [5, 5.41) is 4.15. The lowest BCUT2D eigenvalue weighted by Gasteiger charge is -2.04. The van der Waals surface area contributed by atoms with Crippen LogP contribution in [0, 0.1) is 0 Å². The number of carbonyl (C=O) groups is 1. The van der Waals surface area contributed by atoms with Crippen molar-refractivity contribution in [3.8, 4) is 0 Å². The van der Waals surface area contributed by atoms with Crippen molar-refractivity contribution >= 4 is 55.2 Å². The standard InChI is InChI=1S/C17H16Br2N2OS/c1-12(14-5-3-7-16(19)9-14)20-21-17(22)11-23-10-13-4-2-6-15(18)8-13/h2-9H,10-11H2,1H3,(H,21,22)/b20-12-. The van der Waals surface area contributed by atoms with Gasteiger partial charge < -0.3 is 0 Å². The van der Waals surface area contributed by atoms with Crippen LogP contribution in [0.5, 0.6) is 0 Å². The van der Waals surface area contributed by atoms with E-state index in [0.29, 0.717) is 5.75 Å². The maximum Gasteiger partial charge on any atom is 0.250 e. The highest BCUT2D eigenvalue weighted by molar-refractivity contribution is 9.10. The lowest BCUT2D eigenvalue weighted by molar-refractivity contribution is -0.118. The van der Waals surface area contributed by atoms with Crippen molar-refractivity contribution in [2.45, 2.75) is 12.7 Å². The molecule has 0 spiro atoms. The summed E-state index contributed by atoms with van der Waals surface area (Å²) in [7, 11) is 0. The van der Waals surface area contributed by atoms with Gasteiger partial charge in [0.05, 0.1) is 11.5 Å². The first-order chi connectivity index (χ1) is 11.0. The summed E-state index contributed by atoms with van der Waals surface area (Å²) >= 11 is 8.43. The van der Waals surface area contributed by atoms with E-state index in [9.17, 15) is 4.79 Å². The van der Waals surface area contributed by atoms with Gasteiger partial charge in [-0.15, -0.1) is 11.8 Å². The summed E-state index contributed by atoms with van der Waals surface area (Å²) in [5.41, 5.74) is 5.54. The van der Waals surface area contributed by atoms with Gasteiger partial charge >= 0.3 is 0 Å². The van der Waals surface area contributed by atoms with E-state index in [1.165, 1.54) is 5.56 Å². The minimum atomic E-state index is -0.0978. The van der Waals surface area contributed by atoms with Crippen LogP contribution in [-0.4, -0.2) is 17.4 Å². The van der Waals surface area contributed by atoms with Gasteiger partial charge in [-0.1, -0.05) is 56.1 Å². The van der Waals surface area contributed by atoms with Gasteiger partial charge in [0.1, 0.15) is 0 Å². The summed E-state index contributed by atoms with van der Waals surface area (Å²) < 4.78 is 2.04. The average Bonchev–Trinajstić information content (AvgIpc) is 2.52. The Morgan fingerprint density at radius 3 is 2.52 bits per heavy atom.